The first-order valence-electron chi connectivity index (χ1n) is 6.28. The van der Waals surface area contributed by atoms with Crippen LogP contribution in [0.3, 0.4) is 0 Å². The smallest absolute Gasteiger partial charge is 0.220 e. The maximum Gasteiger partial charge on any atom is 0.220 e. The topological polar surface area (TPSA) is 46.2 Å². The van der Waals surface area contributed by atoms with E-state index in [2.05, 4.69) is 5.32 Å². The molecule has 3 nitrogen and oxygen atoms in total. The Balaban J connectivity index is 2.05. The number of thioether (sulfide) groups is 1. The number of amides is 1. The normalized spacial score (nSPS) is 17.7. The van der Waals surface area contributed by atoms with Gasteiger partial charge in [0, 0.05) is 23.5 Å². The molecule has 1 atom stereocenters. The third kappa shape index (κ3) is 3.56. The molecule has 1 aromatic rings. The molecule has 1 aromatic carbocycles. The number of nitrogens with one attached hydrogen (secondary N) is 1. The number of ketones is 1. The zero-order chi connectivity index (χ0) is 13.8. The van der Waals surface area contributed by atoms with E-state index < -0.39 is 0 Å². The average Bonchev–Trinajstić information content (AvgIpc) is 2.38. The number of carbonyl (C=O) groups excluding carboxylic acids is 2. The Bertz CT molecular complexity index is 504. The summed E-state index contributed by atoms with van der Waals surface area (Å²) in [5.41, 5.74) is 0.840. The van der Waals surface area contributed by atoms with Crippen LogP contribution in [0.2, 0.25) is 0 Å². The van der Waals surface area contributed by atoms with Crippen LogP contribution in [-0.4, -0.2) is 17.4 Å². The van der Waals surface area contributed by atoms with Crippen molar-refractivity contribution in [1.82, 2.24) is 5.32 Å². The molecule has 102 valence electrons. The zero-order valence-electron chi connectivity index (χ0n) is 10.7. The lowest BCUT2D eigenvalue weighted by Gasteiger charge is -2.26. The van der Waals surface area contributed by atoms with E-state index in [9.17, 15) is 14.0 Å². The lowest BCUT2D eigenvalue weighted by atomic mass is 10.0. The van der Waals surface area contributed by atoms with Crippen LogP contribution in [0.1, 0.15) is 37.8 Å². The molecule has 0 fully saturated rings. The van der Waals surface area contributed by atoms with Crippen LogP contribution in [-0.2, 0) is 9.59 Å². The number of Topliss-reactive ketones (excluding diaryl/α,β-unsaturated/α-hetero) is 1. The van der Waals surface area contributed by atoms with Crippen LogP contribution in [0.25, 0.3) is 0 Å². The standard InChI is InChI=1S/C14H16FNO2S/c1-9(17)5-6-13(18)16-12-7-8-19-14-10(12)3-2-4-11(14)15/h2-4,12H,5-8H2,1H3,(H,16,18)/t12-/m0/s1. The number of carbonyl (C=O) groups is 2. The van der Waals surface area contributed by atoms with Gasteiger partial charge in [-0.2, -0.15) is 0 Å². The van der Waals surface area contributed by atoms with E-state index in [1.54, 1.807) is 6.07 Å². The summed E-state index contributed by atoms with van der Waals surface area (Å²) in [6.07, 6.45) is 1.24. The van der Waals surface area contributed by atoms with Crippen molar-refractivity contribution in [2.45, 2.75) is 37.1 Å². The summed E-state index contributed by atoms with van der Waals surface area (Å²) in [6.45, 7) is 1.47. The van der Waals surface area contributed by atoms with Gasteiger partial charge in [-0.25, -0.2) is 4.39 Å². The molecule has 1 aliphatic heterocycles. The molecule has 19 heavy (non-hydrogen) atoms. The number of hydrogen-bond acceptors (Lipinski definition) is 3. The Morgan fingerprint density at radius 3 is 2.95 bits per heavy atom. The maximum atomic E-state index is 13.7. The second kappa shape index (κ2) is 6.19. The summed E-state index contributed by atoms with van der Waals surface area (Å²) in [5.74, 6) is 0.402. The highest BCUT2D eigenvalue weighted by molar-refractivity contribution is 7.99. The predicted octanol–water partition coefficient (Wildman–Crippen LogP) is 2.85. The largest absolute Gasteiger partial charge is 0.349 e. The summed E-state index contributed by atoms with van der Waals surface area (Å²) >= 11 is 1.48. The molecule has 0 aromatic heterocycles. The minimum Gasteiger partial charge on any atom is -0.349 e. The highest BCUT2D eigenvalue weighted by Crippen LogP contribution is 2.37. The maximum absolute atomic E-state index is 13.7. The number of hydrogen-bond donors (Lipinski definition) is 1. The minimum absolute atomic E-state index is 0.000735. The summed E-state index contributed by atoms with van der Waals surface area (Å²) in [4.78, 5) is 23.2. The number of benzene rings is 1. The molecule has 1 N–H and O–H groups in total. The molecule has 0 radical (unpaired) electrons. The van der Waals surface area contributed by atoms with E-state index in [1.165, 1.54) is 24.8 Å². The number of halogens is 1. The van der Waals surface area contributed by atoms with Gasteiger partial charge < -0.3 is 10.1 Å². The Labute approximate surface area is 116 Å². The lowest BCUT2D eigenvalue weighted by molar-refractivity contribution is -0.125. The van der Waals surface area contributed by atoms with Gasteiger partial charge in [0.2, 0.25) is 5.91 Å². The van der Waals surface area contributed by atoms with Gasteiger partial charge in [0.15, 0.2) is 0 Å². The SMILES string of the molecule is CC(=O)CCC(=O)N[C@H]1CCSc2c(F)cccc21. The van der Waals surface area contributed by atoms with E-state index in [4.69, 9.17) is 0 Å². The van der Waals surface area contributed by atoms with Crippen molar-refractivity contribution in [2.24, 2.45) is 0 Å². The molecule has 0 unspecified atom stereocenters. The first-order valence-corrected chi connectivity index (χ1v) is 7.26. The predicted molar refractivity (Wildman–Crippen MR) is 72.5 cm³/mol. The first kappa shape index (κ1) is 14.1. The molecule has 0 saturated heterocycles. The summed E-state index contributed by atoms with van der Waals surface area (Å²) in [7, 11) is 0. The summed E-state index contributed by atoms with van der Waals surface area (Å²) < 4.78 is 13.7. The van der Waals surface area contributed by atoms with Gasteiger partial charge in [0.25, 0.3) is 0 Å². The third-order valence-corrected chi connectivity index (χ3v) is 4.22. The Morgan fingerprint density at radius 1 is 1.42 bits per heavy atom. The Morgan fingerprint density at radius 2 is 2.21 bits per heavy atom. The second-order valence-corrected chi connectivity index (χ2v) is 5.72. The monoisotopic (exact) mass is 281 g/mol. The van der Waals surface area contributed by atoms with Crippen LogP contribution >= 0.6 is 11.8 Å². The molecular formula is C14H16FNO2S. The fourth-order valence-corrected chi connectivity index (χ4v) is 3.23. The number of fused-ring (bicyclic) bond motifs is 1. The molecular weight excluding hydrogens is 265 g/mol. The van der Waals surface area contributed by atoms with Gasteiger partial charge in [0.1, 0.15) is 11.6 Å². The summed E-state index contributed by atoms with van der Waals surface area (Å²) in [5, 5.41) is 2.89. The Kier molecular flexibility index (Phi) is 4.58. The van der Waals surface area contributed by atoms with Crippen molar-refractivity contribution in [3.63, 3.8) is 0 Å². The minimum atomic E-state index is -0.231. The van der Waals surface area contributed by atoms with Gasteiger partial charge in [-0.05, 0) is 25.0 Å². The van der Waals surface area contributed by atoms with Crippen molar-refractivity contribution in [3.8, 4) is 0 Å². The van der Waals surface area contributed by atoms with Crippen molar-refractivity contribution >= 4 is 23.5 Å². The van der Waals surface area contributed by atoms with Gasteiger partial charge in [0.05, 0.1) is 6.04 Å². The van der Waals surface area contributed by atoms with Crippen LogP contribution in [0, 0.1) is 5.82 Å². The molecule has 1 amide bonds. The van der Waals surface area contributed by atoms with Gasteiger partial charge in [-0.15, -0.1) is 11.8 Å². The third-order valence-electron chi connectivity index (χ3n) is 3.07. The van der Waals surface area contributed by atoms with E-state index in [0.29, 0.717) is 4.90 Å². The zero-order valence-corrected chi connectivity index (χ0v) is 11.6. The van der Waals surface area contributed by atoms with Gasteiger partial charge in [-0.1, -0.05) is 12.1 Å². The quantitative estimate of drug-likeness (QED) is 0.923. The molecule has 0 aliphatic carbocycles. The fraction of sp³-hybridized carbons (Fsp3) is 0.429. The summed E-state index contributed by atoms with van der Waals surface area (Å²) in [6, 6.07) is 4.80. The van der Waals surface area contributed by atoms with Gasteiger partial charge in [-0.3, -0.25) is 4.79 Å². The highest BCUT2D eigenvalue weighted by atomic mass is 32.2. The second-order valence-electron chi connectivity index (χ2n) is 4.62. The van der Waals surface area contributed by atoms with Crippen LogP contribution in [0.5, 0.6) is 0 Å². The number of rotatable bonds is 4. The molecule has 1 heterocycles. The molecule has 0 spiro atoms. The van der Waals surface area contributed by atoms with Crippen LogP contribution in [0.4, 0.5) is 4.39 Å². The molecule has 2 rings (SSSR count). The van der Waals surface area contributed by atoms with E-state index >= 15 is 0 Å². The van der Waals surface area contributed by atoms with Crippen LogP contribution < -0.4 is 5.32 Å². The first-order chi connectivity index (χ1) is 9.08. The lowest BCUT2D eigenvalue weighted by Crippen LogP contribution is -2.31. The molecule has 0 bridgehead atoms. The van der Waals surface area contributed by atoms with Crippen molar-refractivity contribution in [3.05, 3.63) is 29.6 Å². The molecule has 1 aliphatic rings. The van der Waals surface area contributed by atoms with E-state index in [-0.39, 0.29) is 36.4 Å². The van der Waals surface area contributed by atoms with Crippen molar-refractivity contribution in [2.75, 3.05) is 5.75 Å². The molecule has 5 heteroatoms. The van der Waals surface area contributed by atoms with Gasteiger partial charge >= 0.3 is 0 Å². The Hall–Kier alpha value is -1.36. The average molecular weight is 281 g/mol. The highest BCUT2D eigenvalue weighted by Gasteiger charge is 2.24. The van der Waals surface area contributed by atoms with E-state index in [0.717, 1.165) is 17.7 Å². The fourth-order valence-electron chi connectivity index (χ4n) is 2.09. The molecule has 0 saturated carbocycles. The van der Waals surface area contributed by atoms with E-state index in [1.807, 2.05) is 6.07 Å². The van der Waals surface area contributed by atoms with Crippen LogP contribution in [0.15, 0.2) is 23.1 Å². The van der Waals surface area contributed by atoms with Crippen molar-refractivity contribution in [1.29, 1.82) is 0 Å². The van der Waals surface area contributed by atoms with Crippen molar-refractivity contribution < 1.29 is 14.0 Å².